The molecule has 0 aliphatic rings. The van der Waals surface area contributed by atoms with E-state index in [-0.39, 0.29) is 6.54 Å². The van der Waals surface area contributed by atoms with Gasteiger partial charge < -0.3 is 4.57 Å². The van der Waals surface area contributed by atoms with Crippen LogP contribution in [0.25, 0.3) is 0 Å². The summed E-state index contributed by atoms with van der Waals surface area (Å²) in [7, 11) is -1.68. The zero-order chi connectivity index (χ0) is 12.2. The van der Waals surface area contributed by atoms with Crippen molar-refractivity contribution < 1.29 is 8.42 Å². The molecule has 1 aromatic heterocycles. The topological polar surface area (TPSA) is 87.8 Å². The summed E-state index contributed by atoms with van der Waals surface area (Å²) in [4.78, 5) is 4.06. The molecule has 1 heterocycles. The van der Waals surface area contributed by atoms with Crippen LogP contribution in [0.2, 0.25) is 0 Å². The van der Waals surface area contributed by atoms with E-state index in [1.807, 2.05) is 11.6 Å². The molecular weight excluding hydrogens is 228 g/mol. The van der Waals surface area contributed by atoms with E-state index in [9.17, 15) is 8.42 Å². The third kappa shape index (κ3) is 3.05. The van der Waals surface area contributed by atoms with Gasteiger partial charge in [0.15, 0.2) is 5.25 Å². The number of nitriles is 1. The maximum atomic E-state index is 11.4. The molecule has 1 N–H and O–H groups in total. The summed E-state index contributed by atoms with van der Waals surface area (Å²) in [5, 5.41) is 7.48. The second kappa shape index (κ2) is 5.09. The van der Waals surface area contributed by atoms with E-state index in [4.69, 9.17) is 5.26 Å². The highest BCUT2D eigenvalue weighted by atomic mass is 32.2. The lowest BCUT2D eigenvalue weighted by Gasteiger charge is -2.07. The number of rotatable bonds is 5. The van der Waals surface area contributed by atoms with E-state index < -0.39 is 15.3 Å². The molecule has 0 amide bonds. The van der Waals surface area contributed by atoms with Gasteiger partial charge in [0.05, 0.1) is 6.07 Å². The number of aryl methyl sites for hydroxylation is 1. The Labute approximate surface area is 95.0 Å². The molecule has 0 fully saturated rings. The zero-order valence-electron chi connectivity index (χ0n) is 9.21. The molecule has 88 valence electrons. The number of nitrogens with one attached hydrogen (secondary N) is 1. The van der Waals surface area contributed by atoms with Gasteiger partial charge in [0, 0.05) is 32.4 Å². The van der Waals surface area contributed by atoms with E-state index in [0.717, 1.165) is 5.82 Å². The second-order valence-electron chi connectivity index (χ2n) is 3.42. The molecule has 0 saturated carbocycles. The van der Waals surface area contributed by atoms with Crippen LogP contribution in [0.15, 0.2) is 12.4 Å². The van der Waals surface area contributed by atoms with Gasteiger partial charge in [-0.1, -0.05) is 0 Å². The average Bonchev–Trinajstić information content (AvgIpc) is 2.63. The van der Waals surface area contributed by atoms with Crippen molar-refractivity contribution in [2.75, 3.05) is 6.54 Å². The smallest absolute Gasteiger partial charge is 0.227 e. The highest BCUT2D eigenvalue weighted by molar-refractivity contribution is 7.90. The van der Waals surface area contributed by atoms with E-state index in [1.165, 1.54) is 6.92 Å². The molecule has 16 heavy (non-hydrogen) atoms. The Morgan fingerprint density at radius 2 is 2.38 bits per heavy atom. The third-order valence-corrected chi connectivity index (χ3v) is 3.86. The Morgan fingerprint density at radius 3 is 2.88 bits per heavy atom. The minimum atomic E-state index is -3.52. The van der Waals surface area contributed by atoms with Gasteiger partial charge in [0.25, 0.3) is 0 Å². The summed E-state index contributed by atoms with van der Waals surface area (Å²) in [6.07, 6.45) is 3.95. The summed E-state index contributed by atoms with van der Waals surface area (Å²) < 4.78 is 27.0. The Kier molecular flexibility index (Phi) is 4.04. The van der Waals surface area contributed by atoms with E-state index in [1.54, 1.807) is 18.5 Å². The van der Waals surface area contributed by atoms with Gasteiger partial charge in [0.1, 0.15) is 5.82 Å². The maximum Gasteiger partial charge on any atom is 0.227 e. The minimum Gasteiger partial charge on any atom is -0.338 e. The van der Waals surface area contributed by atoms with Crippen molar-refractivity contribution >= 4 is 10.0 Å². The van der Waals surface area contributed by atoms with E-state index in [0.29, 0.717) is 6.42 Å². The molecule has 0 radical (unpaired) electrons. The van der Waals surface area contributed by atoms with Crippen molar-refractivity contribution in [1.82, 2.24) is 14.3 Å². The summed E-state index contributed by atoms with van der Waals surface area (Å²) in [5.41, 5.74) is 0. The van der Waals surface area contributed by atoms with Crippen LogP contribution in [0.1, 0.15) is 12.7 Å². The lowest BCUT2D eigenvalue weighted by molar-refractivity contribution is 0.575. The standard InChI is InChI=1S/C9H14N4O2S/c1-8(7-10)16(14,15)12-4-3-9-11-5-6-13(9)2/h5-6,8,12H,3-4H2,1-2H3. The molecule has 1 unspecified atom stereocenters. The number of nitrogens with zero attached hydrogens (tertiary/aromatic N) is 3. The molecule has 1 atom stereocenters. The minimum absolute atomic E-state index is 0.249. The highest BCUT2D eigenvalue weighted by Gasteiger charge is 2.19. The van der Waals surface area contributed by atoms with Gasteiger partial charge in [-0.15, -0.1) is 0 Å². The predicted octanol–water partition coefficient (Wildman–Crippen LogP) is -0.206. The molecule has 1 rings (SSSR count). The van der Waals surface area contributed by atoms with Crippen LogP contribution in [0.4, 0.5) is 0 Å². The van der Waals surface area contributed by atoms with Crippen molar-refractivity contribution in [3.63, 3.8) is 0 Å². The molecule has 0 aliphatic heterocycles. The fourth-order valence-corrected chi connectivity index (χ4v) is 1.91. The van der Waals surface area contributed by atoms with Gasteiger partial charge >= 0.3 is 0 Å². The van der Waals surface area contributed by atoms with Crippen LogP contribution in [0, 0.1) is 11.3 Å². The van der Waals surface area contributed by atoms with Crippen molar-refractivity contribution in [3.05, 3.63) is 18.2 Å². The van der Waals surface area contributed by atoms with Crippen LogP contribution < -0.4 is 4.72 Å². The quantitative estimate of drug-likeness (QED) is 0.774. The molecule has 0 aliphatic carbocycles. The largest absolute Gasteiger partial charge is 0.338 e. The monoisotopic (exact) mass is 242 g/mol. The Hall–Kier alpha value is -1.39. The van der Waals surface area contributed by atoms with Crippen molar-refractivity contribution in [3.8, 4) is 6.07 Å². The molecule has 0 aromatic carbocycles. The predicted molar refractivity (Wildman–Crippen MR) is 58.9 cm³/mol. The fraction of sp³-hybridized carbons (Fsp3) is 0.556. The summed E-state index contributed by atoms with van der Waals surface area (Å²) in [6, 6.07) is 1.69. The molecular formula is C9H14N4O2S. The molecule has 7 heteroatoms. The van der Waals surface area contributed by atoms with Gasteiger partial charge in [-0.3, -0.25) is 0 Å². The van der Waals surface area contributed by atoms with Crippen molar-refractivity contribution in [1.29, 1.82) is 5.26 Å². The molecule has 6 nitrogen and oxygen atoms in total. The number of hydrogen-bond donors (Lipinski definition) is 1. The number of imidazole rings is 1. The molecule has 1 aromatic rings. The summed E-state index contributed by atoms with van der Waals surface area (Å²) in [6.45, 7) is 1.60. The Morgan fingerprint density at radius 1 is 1.69 bits per heavy atom. The number of aromatic nitrogens is 2. The SMILES string of the molecule is CC(C#N)S(=O)(=O)NCCc1nccn1C. The number of hydrogen-bond acceptors (Lipinski definition) is 4. The van der Waals surface area contributed by atoms with E-state index >= 15 is 0 Å². The first kappa shape index (κ1) is 12.7. The molecule has 0 bridgehead atoms. The van der Waals surface area contributed by atoms with Crippen LogP contribution in [0.3, 0.4) is 0 Å². The summed E-state index contributed by atoms with van der Waals surface area (Å²) >= 11 is 0. The Balaban J connectivity index is 2.49. The van der Waals surface area contributed by atoms with Crippen molar-refractivity contribution in [2.45, 2.75) is 18.6 Å². The zero-order valence-corrected chi connectivity index (χ0v) is 10.0. The van der Waals surface area contributed by atoms with Gasteiger partial charge in [-0.2, -0.15) is 5.26 Å². The van der Waals surface area contributed by atoms with Crippen LogP contribution in [-0.2, 0) is 23.5 Å². The molecule has 0 spiro atoms. The lowest BCUT2D eigenvalue weighted by Crippen LogP contribution is -2.33. The first-order valence-corrected chi connectivity index (χ1v) is 6.36. The van der Waals surface area contributed by atoms with Gasteiger partial charge in [-0.25, -0.2) is 18.1 Å². The first-order chi connectivity index (χ1) is 7.47. The van der Waals surface area contributed by atoms with Gasteiger partial charge in [0.2, 0.25) is 10.0 Å². The molecule has 0 saturated heterocycles. The van der Waals surface area contributed by atoms with E-state index in [2.05, 4.69) is 9.71 Å². The normalized spacial score (nSPS) is 13.3. The highest BCUT2D eigenvalue weighted by Crippen LogP contribution is 1.98. The summed E-state index contributed by atoms with van der Waals surface area (Å²) in [5.74, 6) is 0.798. The van der Waals surface area contributed by atoms with Crippen LogP contribution in [0.5, 0.6) is 0 Å². The number of sulfonamides is 1. The fourth-order valence-electron chi connectivity index (χ4n) is 1.14. The van der Waals surface area contributed by atoms with Gasteiger partial charge in [-0.05, 0) is 6.92 Å². The average molecular weight is 242 g/mol. The first-order valence-electron chi connectivity index (χ1n) is 4.81. The third-order valence-electron chi connectivity index (χ3n) is 2.22. The second-order valence-corrected chi connectivity index (χ2v) is 5.50. The maximum absolute atomic E-state index is 11.4. The van der Waals surface area contributed by atoms with Crippen LogP contribution in [-0.4, -0.2) is 29.8 Å². The lowest BCUT2D eigenvalue weighted by atomic mass is 10.4. The van der Waals surface area contributed by atoms with Crippen molar-refractivity contribution in [2.24, 2.45) is 7.05 Å². The Bertz CT molecular complexity index is 486. The van der Waals surface area contributed by atoms with Crippen LogP contribution >= 0.6 is 0 Å².